The normalized spacial score (nSPS) is 18.4. The number of amides is 2. The summed E-state index contributed by atoms with van der Waals surface area (Å²) in [6, 6.07) is 7.28. The molecule has 0 spiro atoms. The van der Waals surface area contributed by atoms with Crippen LogP contribution in [0.5, 0.6) is 0 Å². The Morgan fingerprint density at radius 2 is 1.65 bits per heavy atom. The van der Waals surface area contributed by atoms with Gasteiger partial charge in [-0.05, 0) is 30.7 Å². The van der Waals surface area contributed by atoms with Crippen molar-refractivity contribution in [2.24, 2.45) is 0 Å². The third-order valence-corrected chi connectivity index (χ3v) is 6.51. The molecule has 1 atom stereocenters. The highest BCUT2D eigenvalue weighted by Gasteiger charge is 2.32. The van der Waals surface area contributed by atoms with E-state index in [1.54, 1.807) is 11.9 Å². The highest BCUT2D eigenvalue weighted by Crippen LogP contribution is 2.21. The number of hydrogen-bond donors (Lipinski definition) is 0. The standard InChI is InChI=1S/C18H27N3O4S/c1-14(22)21(16-7-5-15(6-8-16)19(2)3)11-9-18(23)20(4)17-10-12-26(24,25)13-17/h5-8,17H,9-13H2,1-4H3. The van der Waals surface area contributed by atoms with Crippen LogP contribution < -0.4 is 9.80 Å². The molecule has 1 aliphatic rings. The first-order chi connectivity index (χ1) is 12.1. The van der Waals surface area contributed by atoms with Crippen molar-refractivity contribution in [3.05, 3.63) is 24.3 Å². The Kier molecular flexibility index (Phi) is 6.28. The highest BCUT2D eigenvalue weighted by atomic mass is 32.2. The quantitative estimate of drug-likeness (QED) is 0.738. The van der Waals surface area contributed by atoms with Crippen molar-refractivity contribution in [2.45, 2.75) is 25.8 Å². The fourth-order valence-corrected chi connectivity index (χ4v) is 4.84. The summed E-state index contributed by atoms with van der Waals surface area (Å²) in [6.07, 6.45) is 0.634. The zero-order valence-electron chi connectivity index (χ0n) is 15.8. The van der Waals surface area contributed by atoms with Crippen LogP contribution in [-0.4, -0.2) is 70.4 Å². The molecular weight excluding hydrogens is 354 g/mol. The van der Waals surface area contributed by atoms with Crippen molar-refractivity contribution in [1.82, 2.24) is 4.90 Å². The zero-order chi connectivity index (χ0) is 19.5. The Hall–Kier alpha value is -2.09. The van der Waals surface area contributed by atoms with E-state index in [9.17, 15) is 18.0 Å². The summed E-state index contributed by atoms with van der Waals surface area (Å²) in [5.74, 6) is -0.130. The minimum Gasteiger partial charge on any atom is -0.378 e. The minimum atomic E-state index is -3.04. The lowest BCUT2D eigenvalue weighted by molar-refractivity contribution is -0.131. The molecule has 1 saturated heterocycles. The van der Waals surface area contributed by atoms with Gasteiger partial charge in [0.1, 0.15) is 0 Å². The lowest BCUT2D eigenvalue weighted by atomic mass is 10.2. The van der Waals surface area contributed by atoms with Gasteiger partial charge in [-0.1, -0.05) is 0 Å². The van der Waals surface area contributed by atoms with Gasteiger partial charge < -0.3 is 14.7 Å². The Bertz CT molecular complexity index is 759. The summed E-state index contributed by atoms with van der Waals surface area (Å²) in [5.41, 5.74) is 1.76. The summed E-state index contributed by atoms with van der Waals surface area (Å²) in [4.78, 5) is 29.5. The fourth-order valence-electron chi connectivity index (χ4n) is 3.07. The fraction of sp³-hybridized carbons (Fsp3) is 0.556. The number of anilines is 2. The van der Waals surface area contributed by atoms with Crippen molar-refractivity contribution in [3.8, 4) is 0 Å². The van der Waals surface area contributed by atoms with Crippen molar-refractivity contribution >= 4 is 33.0 Å². The van der Waals surface area contributed by atoms with E-state index >= 15 is 0 Å². The van der Waals surface area contributed by atoms with Crippen molar-refractivity contribution in [1.29, 1.82) is 0 Å². The molecule has 1 aromatic rings. The number of sulfone groups is 1. The predicted molar refractivity (Wildman–Crippen MR) is 103 cm³/mol. The molecule has 8 heteroatoms. The average Bonchev–Trinajstić information content (AvgIpc) is 2.94. The van der Waals surface area contributed by atoms with Crippen LogP contribution in [0.4, 0.5) is 11.4 Å². The molecule has 0 aromatic heterocycles. The molecule has 2 rings (SSSR count). The average molecular weight is 381 g/mol. The second-order valence-electron chi connectivity index (χ2n) is 6.89. The van der Waals surface area contributed by atoms with Crippen LogP contribution in [0.25, 0.3) is 0 Å². The second-order valence-corrected chi connectivity index (χ2v) is 9.12. The van der Waals surface area contributed by atoms with Gasteiger partial charge in [-0.15, -0.1) is 0 Å². The van der Waals surface area contributed by atoms with Gasteiger partial charge in [-0.25, -0.2) is 8.42 Å². The summed E-state index contributed by atoms with van der Waals surface area (Å²) in [7, 11) is 2.48. The summed E-state index contributed by atoms with van der Waals surface area (Å²) in [5, 5.41) is 0. The Morgan fingerprint density at radius 1 is 1.08 bits per heavy atom. The van der Waals surface area contributed by atoms with E-state index in [2.05, 4.69) is 0 Å². The smallest absolute Gasteiger partial charge is 0.224 e. The van der Waals surface area contributed by atoms with E-state index in [4.69, 9.17) is 0 Å². The lowest BCUT2D eigenvalue weighted by Gasteiger charge is -2.26. The summed E-state index contributed by atoms with van der Waals surface area (Å²) >= 11 is 0. The first kappa shape index (κ1) is 20.2. The van der Waals surface area contributed by atoms with E-state index < -0.39 is 9.84 Å². The van der Waals surface area contributed by atoms with Gasteiger partial charge in [0.25, 0.3) is 0 Å². The molecule has 7 nitrogen and oxygen atoms in total. The van der Waals surface area contributed by atoms with Gasteiger partial charge in [0.2, 0.25) is 11.8 Å². The van der Waals surface area contributed by atoms with Crippen LogP contribution in [0, 0.1) is 0 Å². The zero-order valence-corrected chi connectivity index (χ0v) is 16.6. The van der Waals surface area contributed by atoms with Crippen LogP contribution in [0.3, 0.4) is 0 Å². The van der Waals surface area contributed by atoms with E-state index in [1.807, 2.05) is 43.3 Å². The predicted octanol–water partition coefficient (Wildman–Crippen LogP) is 1.14. The molecule has 1 aromatic carbocycles. The summed E-state index contributed by atoms with van der Waals surface area (Å²) < 4.78 is 23.2. The molecule has 26 heavy (non-hydrogen) atoms. The maximum atomic E-state index is 12.4. The molecule has 1 fully saturated rings. The first-order valence-electron chi connectivity index (χ1n) is 8.62. The van der Waals surface area contributed by atoms with Crippen molar-refractivity contribution in [3.63, 3.8) is 0 Å². The van der Waals surface area contributed by atoms with Gasteiger partial charge in [-0.3, -0.25) is 9.59 Å². The SMILES string of the molecule is CC(=O)N(CCC(=O)N(C)C1CCS(=O)(=O)C1)c1ccc(N(C)C)cc1. The van der Waals surface area contributed by atoms with E-state index in [0.717, 1.165) is 11.4 Å². The lowest BCUT2D eigenvalue weighted by Crippen LogP contribution is -2.40. The topological polar surface area (TPSA) is 78.0 Å². The number of carbonyl (C=O) groups is 2. The van der Waals surface area contributed by atoms with Crippen molar-refractivity contribution in [2.75, 3.05) is 49.0 Å². The van der Waals surface area contributed by atoms with Crippen molar-refractivity contribution < 1.29 is 18.0 Å². The molecule has 144 valence electrons. The maximum Gasteiger partial charge on any atom is 0.224 e. The number of hydrogen-bond acceptors (Lipinski definition) is 5. The molecule has 1 heterocycles. The van der Waals surface area contributed by atoms with Crippen LogP contribution in [0.2, 0.25) is 0 Å². The molecule has 0 aliphatic carbocycles. The molecule has 0 saturated carbocycles. The third kappa shape index (κ3) is 4.97. The van der Waals surface area contributed by atoms with Gasteiger partial charge >= 0.3 is 0 Å². The van der Waals surface area contributed by atoms with Crippen LogP contribution in [0.1, 0.15) is 19.8 Å². The number of rotatable bonds is 6. The molecule has 1 aliphatic heterocycles. The Labute approximate surface area is 155 Å². The minimum absolute atomic E-state index is 0.0255. The Balaban J connectivity index is 1.99. The monoisotopic (exact) mass is 381 g/mol. The van der Waals surface area contributed by atoms with Gasteiger partial charge in [0.05, 0.1) is 11.5 Å². The molecular formula is C18H27N3O4S. The van der Waals surface area contributed by atoms with Crippen LogP contribution >= 0.6 is 0 Å². The molecule has 0 radical (unpaired) electrons. The largest absolute Gasteiger partial charge is 0.378 e. The van der Waals surface area contributed by atoms with E-state index in [1.165, 1.54) is 11.8 Å². The van der Waals surface area contributed by atoms with Crippen LogP contribution in [0.15, 0.2) is 24.3 Å². The van der Waals surface area contributed by atoms with Gasteiger partial charge in [0.15, 0.2) is 9.84 Å². The Morgan fingerprint density at radius 3 is 2.12 bits per heavy atom. The molecule has 0 bridgehead atoms. The number of benzene rings is 1. The van der Waals surface area contributed by atoms with Gasteiger partial charge in [0, 0.05) is 58.4 Å². The maximum absolute atomic E-state index is 12.4. The molecule has 0 N–H and O–H groups in total. The number of nitrogens with zero attached hydrogens (tertiary/aromatic N) is 3. The molecule has 2 amide bonds. The van der Waals surface area contributed by atoms with Gasteiger partial charge in [-0.2, -0.15) is 0 Å². The van der Waals surface area contributed by atoms with E-state index in [0.29, 0.717) is 6.42 Å². The molecule has 1 unspecified atom stereocenters. The highest BCUT2D eigenvalue weighted by molar-refractivity contribution is 7.91. The second kappa shape index (κ2) is 8.07. The van der Waals surface area contributed by atoms with Crippen LogP contribution in [-0.2, 0) is 19.4 Å². The van der Waals surface area contributed by atoms with E-state index in [-0.39, 0.29) is 42.3 Å². The third-order valence-electron chi connectivity index (χ3n) is 4.76. The first-order valence-corrected chi connectivity index (χ1v) is 10.4. The summed E-state index contributed by atoms with van der Waals surface area (Å²) in [6.45, 7) is 1.73. The number of carbonyl (C=O) groups excluding carboxylic acids is 2.